The zero-order valence-corrected chi connectivity index (χ0v) is 10.8. The minimum absolute atomic E-state index is 0.552. The van der Waals surface area contributed by atoms with Crippen LogP contribution in [0.25, 0.3) is 0 Å². The Morgan fingerprint density at radius 2 is 1.84 bits per heavy atom. The van der Waals surface area contributed by atoms with Crippen LogP contribution in [-0.2, 0) is 12.2 Å². The van der Waals surface area contributed by atoms with Crippen LogP contribution in [0.2, 0.25) is 0 Å². The molecule has 3 rings (SSSR count). The van der Waals surface area contributed by atoms with Crippen molar-refractivity contribution < 1.29 is 14.6 Å². The van der Waals surface area contributed by atoms with Gasteiger partial charge in [0, 0.05) is 12.0 Å². The van der Waals surface area contributed by atoms with E-state index in [4.69, 9.17) is 9.47 Å². The maximum Gasteiger partial charge on any atom is 0.235 e. The van der Waals surface area contributed by atoms with E-state index < -0.39 is 5.79 Å². The van der Waals surface area contributed by atoms with E-state index in [9.17, 15) is 5.11 Å². The van der Waals surface area contributed by atoms with Crippen LogP contribution in [0.5, 0.6) is 11.5 Å². The highest BCUT2D eigenvalue weighted by Crippen LogP contribution is 2.37. The zero-order chi connectivity index (χ0) is 13.3. The molecule has 1 aliphatic rings. The summed E-state index contributed by atoms with van der Waals surface area (Å²) in [6.45, 7) is 0. The van der Waals surface area contributed by atoms with Crippen LogP contribution in [0.3, 0.4) is 0 Å². The van der Waals surface area contributed by atoms with Crippen LogP contribution in [0.1, 0.15) is 17.5 Å². The quantitative estimate of drug-likeness (QED) is 0.898. The van der Waals surface area contributed by atoms with E-state index in [1.807, 2.05) is 48.5 Å². The van der Waals surface area contributed by atoms with Gasteiger partial charge in [0.2, 0.25) is 5.79 Å². The number of fused-ring (bicyclic) bond motifs is 1. The molecule has 2 aromatic carbocycles. The lowest BCUT2D eigenvalue weighted by molar-refractivity contribution is -0.158. The number of benzene rings is 2. The maximum absolute atomic E-state index is 10.7. The zero-order valence-electron chi connectivity index (χ0n) is 10.8. The Kier molecular flexibility index (Phi) is 2.91. The third-order valence-electron chi connectivity index (χ3n) is 3.53. The molecule has 0 radical (unpaired) electrons. The predicted molar refractivity (Wildman–Crippen MR) is 72.3 cm³/mol. The summed E-state index contributed by atoms with van der Waals surface area (Å²) in [5.74, 6) is 0.274. The standard InChI is InChI=1S/C16H16O3/c1-18-14-8-6-13(7-9-14)16(17)11-10-12-4-2-3-5-15(12)19-16/h2-9,17H,10-11H2,1H3. The molecule has 0 aliphatic carbocycles. The largest absolute Gasteiger partial charge is 0.497 e. The van der Waals surface area contributed by atoms with Gasteiger partial charge in [0.25, 0.3) is 0 Å². The number of para-hydroxylation sites is 1. The summed E-state index contributed by atoms with van der Waals surface area (Å²) in [4.78, 5) is 0. The number of hydrogen-bond acceptors (Lipinski definition) is 3. The summed E-state index contributed by atoms with van der Waals surface area (Å²) in [6, 6.07) is 15.2. The summed E-state index contributed by atoms with van der Waals surface area (Å²) in [6.07, 6.45) is 1.36. The van der Waals surface area contributed by atoms with Crippen LogP contribution in [0, 0.1) is 0 Å². The molecule has 98 valence electrons. The van der Waals surface area contributed by atoms with E-state index in [0.717, 1.165) is 29.0 Å². The second-order valence-corrected chi connectivity index (χ2v) is 4.72. The lowest BCUT2D eigenvalue weighted by Crippen LogP contribution is -2.36. The van der Waals surface area contributed by atoms with Crippen molar-refractivity contribution >= 4 is 0 Å². The molecular weight excluding hydrogens is 240 g/mol. The van der Waals surface area contributed by atoms with Crippen molar-refractivity contribution in [1.82, 2.24) is 0 Å². The molecule has 1 heterocycles. The molecule has 19 heavy (non-hydrogen) atoms. The van der Waals surface area contributed by atoms with Crippen molar-refractivity contribution in [2.45, 2.75) is 18.6 Å². The molecule has 0 saturated carbocycles. The van der Waals surface area contributed by atoms with Gasteiger partial charge in [-0.05, 0) is 42.3 Å². The van der Waals surface area contributed by atoms with Crippen molar-refractivity contribution in [2.24, 2.45) is 0 Å². The van der Waals surface area contributed by atoms with E-state index >= 15 is 0 Å². The number of hydrogen-bond donors (Lipinski definition) is 1. The number of ether oxygens (including phenoxy) is 2. The maximum atomic E-state index is 10.7. The molecule has 0 aromatic heterocycles. The Morgan fingerprint density at radius 3 is 2.58 bits per heavy atom. The smallest absolute Gasteiger partial charge is 0.235 e. The molecule has 1 atom stereocenters. The van der Waals surface area contributed by atoms with Gasteiger partial charge in [-0.2, -0.15) is 0 Å². The first-order valence-electron chi connectivity index (χ1n) is 6.35. The molecule has 0 bridgehead atoms. The summed E-state index contributed by atoms with van der Waals surface area (Å²) >= 11 is 0. The lowest BCUT2D eigenvalue weighted by atomic mass is 9.94. The van der Waals surface area contributed by atoms with Crippen molar-refractivity contribution in [1.29, 1.82) is 0 Å². The van der Waals surface area contributed by atoms with Gasteiger partial charge in [-0.1, -0.05) is 18.2 Å². The van der Waals surface area contributed by atoms with Crippen molar-refractivity contribution in [3.05, 3.63) is 59.7 Å². The summed E-state index contributed by atoms with van der Waals surface area (Å²) in [5.41, 5.74) is 1.89. The van der Waals surface area contributed by atoms with Crippen LogP contribution in [-0.4, -0.2) is 12.2 Å². The minimum Gasteiger partial charge on any atom is -0.497 e. The van der Waals surface area contributed by atoms with Crippen LogP contribution >= 0.6 is 0 Å². The fourth-order valence-electron chi connectivity index (χ4n) is 2.40. The van der Waals surface area contributed by atoms with Crippen molar-refractivity contribution in [3.63, 3.8) is 0 Å². The first-order valence-corrected chi connectivity index (χ1v) is 6.35. The molecule has 1 unspecified atom stereocenters. The Morgan fingerprint density at radius 1 is 1.11 bits per heavy atom. The molecule has 0 spiro atoms. The monoisotopic (exact) mass is 256 g/mol. The van der Waals surface area contributed by atoms with E-state index in [-0.39, 0.29) is 0 Å². The molecule has 1 N–H and O–H groups in total. The molecule has 0 amide bonds. The van der Waals surface area contributed by atoms with Crippen molar-refractivity contribution in [3.8, 4) is 11.5 Å². The number of aryl methyl sites for hydroxylation is 1. The predicted octanol–water partition coefficient (Wildman–Crippen LogP) is 2.87. The van der Waals surface area contributed by atoms with Gasteiger partial charge in [0.1, 0.15) is 11.5 Å². The second kappa shape index (κ2) is 4.59. The summed E-state index contributed by atoms with van der Waals surface area (Å²) < 4.78 is 10.9. The van der Waals surface area contributed by atoms with Crippen LogP contribution in [0.15, 0.2) is 48.5 Å². The summed E-state index contributed by atoms with van der Waals surface area (Å²) in [5, 5.41) is 10.7. The van der Waals surface area contributed by atoms with Gasteiger partial charge in [-0.15, -0.1) is 0 Å². The Bertz CT molecular complexity index is 577. The summed E-state index contributed by atoms with van der Waals surface area (Å²) in [7, 11) is 1.62. The Hall–Kier alpha value is -2.00. The van der Waals surface area contributed by atoms with Gasteiger partial charge in [0.05, 0.1) is 7.11 Å². The first kappa shape index (κ1) is 12.1. The third kappa shape index (κ3) is 2.17. The van der Waals surface area contributed by atoms with Gasteiger partial charge in [-0.25, -0.2) is 0 Å². The second-order valence-electron chi connectivity index (χ2n) is 4.72. The van der Waals surface area contributed by atoms with Gasteiger partial charge in [-0.3, -0.25) is 0 Å². The number of methoxy groups -OCH3 is 1. The van der Waals surface area contributed by atoms with Crippen LogP contribution < -0.4 is 9.47 Å². The lowest BCUT2D eigenvalue weighted by Gasteiger charge is -2.34. The average Bonchev–Trinajstić information content (AvgIpc) is 2.47. The molecule has 0 saturated heterocycles. The fourth-order valence-corrected chi connectivity index (χ4v) is 2.40. The van der Waals surface area contributed by atoms with Crippen molar-refractivity contribution in [2.75, 3.05) is 7.11 Å². The SMILES string of the molecule is COc1ccc(C2(O)CCc3ccccc3O2)cc1. The van der Waals surface area contributed by atoms with E-state index in [2.05, 4.69) is 0 Å². The Balaban J connectivity index is 1.92. The molecular formula is C16H16O3. The number of rotatable bonds is 2. The van der Waals surface area contributed by atoms with E-state index in [1.165, 1.54) is 0 Å². The third-order valence-corrected chi connectivity index (χ3v) is 3.53. The fraction of sp³-hybridized carbons (Fsp3) is 0.250. The van der Waals surface area contributed by atoms with Gasteiger partial charge < -0.3 is 14.6 Å². The molecule has 0 fully saturated rings. The molecule has 3 heteroatoms. The topological polar surface area (TPSA) is 38.7 Å². The van der Waals surface area contributed by atoms with E-state index in [1.54, 1.807) is 7.11 Å². The normalized spacial score (nSPS) is 21.4. The van der Waals surface area contributed by atoms with Gasteiger partial charge >= 0.3 is 0 Å². The van der Waals surface area contributed by atoms with Crippen LogP contribution in [0.4, 0.5) is 0 Å². The average molecular weight is 256 g/mol. The molecule has 2 aromatic rings. The van der Waals surface area contributed by atoms with E-state index in [0.29, 0.717) is 6.42 Å². The Labute approximate surface area is 112 Å². The highest BCUT2D eigenvalue weighted by atomic mass is 16.6. The minimum atomic E-state index is -1.25. The molecule has 3 nitrogen and oxygen atoms in total. The number of aliphatic hydroxyl groups is 1. The highest BCUT2D eigenvalue weighted by Gasteiger charge is 2.35. The van der Waals surface area contributed by atoms with Gasteiger partial charge in [0.15, 0.2) is 0 Å². The highest BCUT2D eigenvalue weighted by molar-refractivity contribution is 5.38. The molecule has 1 aliphatic heterocycles. The first-order chi connectivity index (χ1) is 9.21.